The molecule has 0 aromatic heterocycles. The summed E-state index contributed by atoms with van der Waals surface area (Å²) in [7, 11) is 0. The van der Waals surface area contributed by atoms with Crippen LogP contribution in [0.4, 0.5) is 0 Å². The lowest BCUT2D eigenvalue weighted by Crippen LogP contribution is -1.98. The van der Waals surface area contributed by atoms with Crippen molar-refractivity contribution in [2.75, 3.05) is 0 Å². The summed E-state index contributed by atoms with van der Waals surface area (Å²) in [6, 6.07) is 0. The van der Waals surface area contributed by atoms with Crippen molar-refractivity contribution in [2.24, 2.45) is 5.41 Å². The molecule has 0 amide bonds. The van der Waals surface area contributed by atoms with E-state index in [2.05, 4.69) is 11.3 Å². The summed E-state index contributed by atoms with van der Waals surface area (Å²) < 4.78 is 0. The first-order valence-corrected chi connectivity index (χ1v) is 2.57. The SMILES string of the molecule is CC(C)(C)C#CCl. The molecule has 0 N–H and O–H groups in total. The van der Waals surface area contributed by atoms with Gasteiger partial charge in [-0.2, -0.15) is 0 Å². The summed E-state index contributed by atoms with van der Waals surface area (Å²) in [6.45, 7) is 6.05. The van der Waals surface area contributed by atoms with Gasteiger partial charge in [0.2, 0.25) is 0 Å². The third-order valence-corrected chi connectivity index (χ3v) is 0.517. The van der Waals surface area contributed by atoms with E-state index >= 15 is 0 Å². The van der Waals surface area contributed by atoms with E-state index < -0.39 is 0 Å². The quantitative estimate of drug-likeness (QED) is 0.426. The van der Waals surface area contributed by atoms with Gasteiger partial charge in [-0.05, 0) is 32.4 Å². The van der Waals surface area contributed by atoms with E-state index in [-0.39, 0.29) is 5.41 Å². The van der Waals surface area contributed by atoms with Crippen molar-refractivity contribution in [1.82, 2.24) is 0 Å². The summed E-state index contributed by atoms with van der Waals surface area (Å²) in [5.74, 6) is 2.80. The van der Waals surface area contributed by atoms with Crippen LogP contribution in [-0.4, -0.2) is 0 Å². The molecule has 0 aliphatic heterocycles. The minimum atomic E-state index is 0.0573. The van der Waals surface area contributed by atoms with E-state index in [0.717, 1.165) is 0 Å². The lowest BCUT2D eigenvalue weighted by atomic mass is 9.99. The Morgan fingerprint density at radius 1 is 1.29 bits per heavy atom. The van der Waals surface area contributed by atoms with Gasteiger partial charge in [0.25, 0.3) is 0 Å². The molecule has 40 valence electrons. The molecular formula is C6H9Cl. The van der Waals surface area contributed by atoms with E-state index in [1.165, 1.54) is 0 Å². The highest BCUT2D eigenvalue weighted by Gasteiger charge is 2.02. The van der Waals surface area contributed by atoms with Crippen molar-refractivity contribution in [3.05, 3.63) is 0 Å². The van der Waals surface area contributed by atoms with Crippen LogP contribution in [0, 0.1) is 16.7 Å². The predicted octanol–water partition coefficient (Wildman–Crippen LogP) is 2.23. The fraction of sp³-hybridized carbons (Fsp3) is 0.667. The van der Waals surface area contributed by atoms with Gasteiger partial charge in [-0.25, -0.2) is 0 Å². The molecule has 0 saturated heterocycles. The Kier molecular flexibility index (Phi) is 2.19. The van der Waals surface area contributed by atoms with Gasteiger partial charge in [-0.1, -0.05) is 5.92 Å². The molecule has 0 atom stereocenters. The zero-order chi connectivity index (χ0) is 5.91. The molecule has 0 fully saturated rings. The second kappa shape index (κ2) is 2.23. The molecule has 0 heterocycles. The second-order valence-electron chi connectivity index (χ2n) is 2.47. The Morgan fingerprint density at radius 3 is 1.71 bits per heavy atom. The van der Waals surface area contributed by atoms with Crippen molar-refractivity contribution < 1.29 is 0 Å². The topological polar surface area (TPSA) is 0 Å². The van der Waals surface area contributed by atoms with Gasteiger partial charge >= 0.3 is 0 Å². The van der Waals surface area contributed by atoms with Gasteiger partial charge in [0, 0.05) is 10.8 Å². The van der Waals surface area contributed by atoms with Crippen LogP contribution < -0.4 is 0 Å². The monoisotopic (exact) mass is 116 g/mol. The maximum absolute atomic E-state index is 5.13. The van der Waals surface area contributed by atoms with Gasteiger partial charge in [-0.15, -0.1) is 0 Å². The molecule has 0 rings (SSSR count). The van der Waals surface area contributed by atoms with Crippen LogP contribution in [-0.2, 0) is 0 Å². The number of rotatable bonds is 0. The van der Waals surface area contributed by atoms with Crippen LogP contribution in [0.2, 0.25) is 0 Å². The zero-order valence-corrected chi connectivity index (χ0v) is 5.63. The average Bonchev–Trinajstić information content (AvgIpc) is 1.30. The largest absolute Gasteiger partial charge is 0.0799 e. The van der Waals surface area contributed by atoms with Crippen molar-refractivity contribution in [2.45, 2.75) is 20.8 Å². The molecule has 0 aliphatic carbocycles. The van der Waals surface area contributed by atoms with Crippen molar-refractivity contribution >= 4 is 11.6 Å². The van der Waals surface area contributed by atoms with Crippen molar-refractivity contribution in [3.8, 4) is 11.3 Å². The molecule has 0 spiro atoms. The Bertz CT molecular complexity index is 97.6. The van der Waals surface area contributed by atoms with E-state index in [4.69, 9.17) is 11.6 Å². The van der Waals surface area contributed by atoms with Crippen molar-refractivity contribution in [3.63, 3.8) is 0 Å². The molecule has 0 radical (unpaired) electrons. The molecule has 0 saturated carbocycles. The smallest absolute Gasteiger partial charge is 0.0242 e. The van der Waals surface area contributed by atoms with Crippen LogP contribution in [0.1, 0.15) is 20.8 Å². The average molecular weight is 117 g/mol. The lowest BCUT2D eigenvalue weighted by Gasteiger charge is -2.05. The molecule has 0 aromatic carbocycles. The van der Waals surface area contributed by atoms with Crippen LogP contribution in [0.3, 0.4) is 0 Å². The number of hydrogen-bond donors (Lipinski definition) is 0. The van der Waals surface area contributed by atoms with E-state index in [1.807, 2.05) is 20.8 Å². The predicted molar refractivity (Wildman–Crippen MR) is 33.1 cm³/mol. The molecule has 0 aliphatic rings. The summed E-state index contributed by atoms with van der Waals surface area (Å²) >= 11 is 5.13. The standard InChI is InChI=1S/C6H9Cl/c1-6(2,3)4-5-7/h1-3H3. The van der Waals surface area contributed by atoms with Gasteiger partial charge in [0.15, 0.2) is 0 Å². The molecule has 7 heavy (non-hydrogen) atoms. The van der Waals surface area contributed by atoms with Gasteiger partial charge in [0.05, 0.1) is 0 Å². The first kappa shape index (κ1) is 6.85. The van der Waals surface area contributed by atoms with E-state index in [1.54, 1.807) is 0 Å². The highest BCUT2D eigenvalue weighted by atomic mass is 35.5. The minimum Gasteiger partial charge on any atom is -0.0799 e. The fourth-order valence-electron chi connectivity index (χ4n) is 0.142. The normalized spacial score (nSPS) is 9.71. The Balaban J connectivity index is 3.72. The highest BCUT2D eigenvalue weighted by molar-refractivity contribution is 6.30. The first-order valence-electron chi connectivity index (χ1n) is 2.19. The Morgan fingerprint density at radius 2 is 1.71 bits per heavy atom. The zero-order valence-electron chi connectivity index (χ0n) is 4.88. The lowest BCUT2D eigenvalue weighted by molar-refractivity contribution is 0.571. The molecule has 0 nitrogen and oxygen atoms in total. The summed E-state index contributed by atoms with van der Waals surface area (Å²) in [6.07, 6.45) is 0. The minimum absolute atomic E-state index is 0.0573. The molecule has 0 bridgehead atoms. The third kappa shape index (κ3) is 5.85. The van der Waals surface area contributed by atoms with E-state index in [9.17, 15) is 0 Å². The maximum atomic E-state index is 5.13. The van der Waals surface area contributed by atoms with Gasteiger partial charge in [-0.3, -0.25) is 0 Å². The first-order chi connectivity index (χ1) is 3.06. The Labute approximate surface area is 49.9 Å². The summed E-state index contributed by atoms with van der Waals surface area (Å²) in [5.41, 5.74) is 0.0573. The van der Waals surface area contributed by atoms with Gasteiger partial charge < -0.3 is 0 Å². The Hall–Kier alpha value is -0.150. The molecular weight excluding hydrogens is 108 g/mol. The van der Waals surface area contributed by atoms with Crippen LogP contribution in [0.25, 0.3) is 0 Å². The summed E-state index contributed by atoms with van der Waals surface area (Å²) in [5, 5.41) is 2.33. The van der Waals surface area contributed by atoms with Crippen molar-refractivity contribution in [1.29, 1.82) is 0 Å². The molecule has 1 heteroatoms. The summed E-state index contributed by atoms with van der Waals surface area (Å²) in [4.78, 5) is 0. The highest BCUT2D eigenvalue weighted by Crippen LogP contribution is 2.09. The fourth-order valence-corrected chi connectivity index (χ4v) is 0.425. The second-order valence-corrected chi connectivity index (χ2v) is 2.66. The van der Waals surface area contributed by atoms with Crippen LogP contribution in [0.5, 0.6) is 0 Å². The number of halogens is 1. The number of hydrogen-bond acceptors (Lipinski definition) is 0. The van der Waals surface area contributed by atoms with Crippen LogP contribution in [0.15, 0.2) is 0 Å². The molecule has 0 unspecified atom stereocenters. The maximum Gasteiger partial charge on any atom is 0.0242 e. The third-order valence-electron chi connectivity index (χ3n) is 0.422. The molecule has 0 aromatic rings. The van der Waals surface area contributed by atoms with Crippen LogP contribution >= 0.6 is 11.6 Å². The van der Waals surface area contributed by atoms with Gasteiger partial charge in [0.1, 0.15) is 0 Å². The van der Waals surface area contributed by atoms with E-state index in [0.29, 0.717) is 0 Å².